The van der Waals surface area contributed by atoms with Crippen LogP contribution >= 0.6 is 91.1 Å². The topological polar surface area (TPSA) is 88.6 Å². The van der Waals surface area contributed by atoms with Crippen molar-refractivity contribution in [3.05, 3.63) is 102 Å². The molecular weight excluding hydrogens is 769 g/mol. The van der Waals surface area contributed by atoms with Gasteiger partial charge in [-0.1, -0.05) is 66.7 Å². The summed E-state index contributed by atoms with van der Waals surface area (Å²) >= 11 is 34.0. The Morgan fingerprint density at radius 2 is 1.00 bits per heavy atom. The molecule has 6 N–H and O–H groups in total. The Hall–Kier alpha value is -2.45. The molecule has 0 radical (unpaired) electrons. The number of hydrogen-bond acceptors (Lipinski definition) is 4. The van der Waals surface area contributed by atoms with Crippen molar-refractivity contribution < 1.29 is 19.0 Å². The van der Waals surface area contributed by atoms with E-state index in [1.807, 2.05) is 0 Å². The fraction of sp³-hybridized carbons (Fsp3) is 0. The van der Waals surface area contributed by atoms with E-state index in [0.717, 1.165) is 17.8 Å². The average Bonchev–Trinajstić information content (AvgIpc) is 2.86. The van der Waals surface area contributed by atoms with Gasteiger partial charge in [-0.25, -0.2) is 8.78 Å². The van der Waals surface area contributed by atoms with E-state index in [2.05, 4.69) is 53.1 Å². The van der Waals surface area contributed by atoms with E-state index in [1.165, 1.54) is 12.1 Å². The van der Waals surface area contributed by atoms with Crippen LogP contribution in [0.15, 0.2) is 75.7 Å². The summed E-state index contributed by atoms with van der Waals surface area (Å²) in [4.78, 5) is 0. The number of thiocarbonyl (C=S) groups is 2. The van der Waals surface area contributed by atoms with Gasteiger partial charge in [0.25, 0.3) is 0 Å². The summed E-state index contributed by atoms with van der Waals surface area (Å²) in [6, 6.07) is 17.1. The van der Waals surface area contributed by atoms with Gasteiger partial charge in [-0.15, -0.1) is 0 Å². The lowest BCUT2D eigenvalue weighted by molar-refractivity contribution is 0.434. The van der Waals surface area contributed by atoms with Gasteiger partial charge in [0.2, 0.25) is 0 Å². The molecule has 41 heavy (non-hydrogen) atoms. The van der Waals surface area contributed by atoms with Crippen molar-refractivity contribution in [1.82, 2.24) is 0 Å². The number of nitrogens with one attached hydrogen (secondary N) is 4. The Labute approximate surface area is 276 Å². The molecule has 0 atom stereocenters. The molecule has 0 aromatic heterocycles. The summed E-state index contributed by atoms with van der Waals surface area (Å²) in [7, 11) is 0. The first kappa shape index (κ1) is 33.1. The minimum Gasteiger partial charge on any atom is -0.503 e. The second-order valence-corrected chi connectivity index (χ2v) is 11.8. The lowest BCUT2D eigenvalue weighted by atomic mass is 10.3. The second kappa shape index (κ2) is 15.1. The Morgan fingerprint density at radius 1 is 0.585 bits per heavy atom. The first-order valence-electron chi connectivity index (χ1n) is 11.0. The van der Waals surface area contributed by atoms with E-state index in [1.54, 1.807) is 42.5 Å². The molecule has 0 fully saturated rings. The van der Waals surface area contributed by atoms with Gasteiger partial charge < -0.3 is 31.5 Å². The summed E-state index contributed by atoms with van der Waals surface area (Å²) in [6.45, 7) is 0. The molecule has 0 aliphatic rings. The lowest BCUT2D eigenvalue weighted by Gasteiger charge is -2.13. The normalized spacial score (nSPS) is 10.2. The maximum Gasteiger partial charge on any atom is 0.175 e. The first-order chi connectivity index (χ1) is 19.3. The molecule has 15 heteroatoms. The zero-order valence-electron chi connectivity index (χ0n) is 20.2. The van der Waals surface area contributed by atoms with Gasteiger partial charge in [-0.3, -0.25) is 0 Å². The van der Waals surface area contributed by atoms with Gasteiger partial charge >= 0.3 is 0 Å². The number of hydrogen-bond donors (Lipinski definition) is 6. The zero-order chi connectivity index (χ0) is 30.3. The Balaban J connectivity index is 0.000000226. The van der Waals surface area contributed by atoms with Gasteiger partial charge in [-0.2, -0.15) is 0 Å². The predicted molar refractivity (Wildman–Crippen MR) is 179 cm³/mol. The van der Waals surface area contributed by atoms with Crippen LogP contribution in [0.25, 0.3) is 0 Å². The van der Waals surface area contributed by atoms with Crippen molar-refractivity contribution >= 4 is 124 Å². The molecule has 0 heterocycles. The molecule has 0 bridgehead atoms. The van der Waals surface area contributed by atoms with Gasteiger partial charge in [0.05, 0.1) is 11.4 Å². The van der Waals surface area contributed by atoms with Crippen LogP contribution in [0.5, 0.6) is 11.5 Å². The van der Waals surface area contributed by atoms with E-state index in [-0.39, 0.29) is 21.6 Å². The van der Waals surface area contributed by atoms with Gasteiger partial charge in [0, 0.05) is 35.4 Å². The number of rotatable bonds is 4. The molecule has 0 amide bonds. The molecule has 6 nitrogen and oxygen atoms in total. The molecule has 0 unspecified atom stereocenters. The summed E-state index contributed by atoms with van der Waals surface area (Å²) in [5, 5.41) is 32.3. The van der Waals surface area contributed by atoms with E-state index in [0.29, 0.717) is 29.7 Å². The molecule has 4 rings (SSSR count). The van der Waals surface area contributed by atoms with Crippen molar-refractivity contribution in [1.29, 1.82) is 0 Å². The number of aromatic hydroxyl groups is 2. The lowest BCUT2D eigenvalue weighted by Crippen LogP contribution is -2.19. The van der Waals surface area contributed by atoms with Gasteiger partial charge in [0.15, 0.2) is 33.4 Å². The number of phenolic OH excluding ortho intramolecular Hbond substituents is 2. The molecule has 0 aliphatic carbocycles. The maximum absolute atomic E-state index is 13.4. The largest absolute Gasteiger partial charge is 0.503 e. The van der Waals surface area contributed by atoms with Crippen molar-refractivity contribution in [3.63, 3.8) is 0 Å². The highest BCUT2D eigenvalue weighted by Gasteiger charge is 2.12. The highest BCUT2D eigenvalue weighted by Crippen LogP contribution is 2.32. The van der Waals surface area contributed by atoms with E-state index in [4.69, 9.17) is 59.2 Å². The number of phenols is 2. The van der Waals surface area contributed by atoms with Gasteiger partial charge in [-0.05, 0) is 91.2 Å². The number of benzene rings is 4. The molecule has 0 aliphatic heterocycles. The summed E-state index contributed by atoms with van der Waals surface area (Å²) in [5.41, 5.74) is 1.60. The highest BCUT2D eigenvalue weighted by molar-refractivity contribution is 9.10. The standard InChI is InChI=1S/C13H8BrCl2FN2OS.C13H9BrClFN2OS/c14-6-1-10(17)12(20)11(2-6)19-13(21)18-9-4-7(15)3-8(16)5-9;14-7-5-10(16)12(19)11(6-7)18-13(20)17-9-3-1-8(15)2-4-9/h1-5,20H,(H2,18,19,21);1-6,19H,(H2,17,18,20). The molecule has 0 spiro atoms. The summed E-state index contributed by atoms with van der Waals surface area (Å²) < 4.78 is 27.7. The van der Waals surface area contributed by atoms with E-state index < -0.39 is 23.1 Å². The minimum absolute atomic E-state index is 0.132. The molecular formula is C26H17Br2Cl3F2N4O2S2. The summed E-state index contributed by atoms with van der Waals surface area (Å²) in [6.07, 6.45) is 0. The Kier molecular flexibility index (Phi) is 12.2. The third kappa shape index (κ3) is 10.4. The first-order valence-corrected chi connectivity index (χ1v) is 14.6. The van der Waals surface area contributed by atoms with Crippen molar-refractivity contribution in [3.8, 4) is 11.5 Å². The van der Waals surface area contributed by atoms with Crippen molar-refractivity contribution in [2.45, 2.75) is 0 Å². The molecule has 0 saturated heterocycles. The smallest absolute Gasteiger partial charge is 0.175 e. The zero-order valence-corrected chi connectivity index (χ0v) is 27.3. The van der Waals surface area contributed by atoms with Crippen molar-refractivity contribution in [2.24, 2.45) is 0 Å². The average molecular weight is 786 g/mol. The molecule has 4 aromatic rings. The summed E-state index contributed by atoms with van der Waals surface area (Å²) in [5.74, 6) is -2.52. The molecule has 4 aromatic carbocycles. The molecule has 214 valence electrons. The Bertz CT molecular complexity index is 1580. The van der Waals surface area contributed by atoms with Crippen LogP contribution in [0.1, 0.15) is 0 Å². The Morgan fingerprint density at radius 3 is 1.44 bits per heavy atom. The van der Waals surface area contributed by atoms with Crippen LogP contribution < -0.4 is 21.3 Å². The quantitative estimate of drug-likeness (QED) is 0.0901. The minimum atomic E-state index is -0.763. The maximum atomic E-state index is 13.4. The third-order valence-electron chi connectivity index (χ3n) is 4.78. The highest BCUT2D eigenvalue weighted by atomic mass is 79.9. The van der Waals surface area contributed by atoms with E-state index in [9.17, 15) is 19.0 Å². The van der Waals surface area contributed by atoms with Crippen LogP contribution in [0, 0.1) is 11.6 Å². The predicted octanol–water partition coefficient (Wildman–Crippen LogP) is 10.2. The van der Waals surface area contributed by atoms with Crippen LogP contribution in [0.3, 0.4) is 0 Å². The van der Waals surface area contributed by atoms with Gasteiger partial charge in [0.1, 0.15) is 0 Å². The fourth-order valence-electron chi connectivity index (χ4n) is 3.05. The van der Waals surface area contributed by atoms with Crippen LogP contribution in [0.2, 0.25) is 15.1 Å². The monoisotopic (exact) mass is 782 g/mol. The SMILES string of the molecule is Oc1c(F)cc(Br)cc1NC(=S)Nc1cc(Cl)cc(Cl)c1.Oc1c(F)cc(Br)cc1NC(=S)Nc1ccc(Cl)cc1. The van der Waals surface area contributed by atoms with Crippen molar-refractivity contribution in [2.75, 3.05) is 21.3 Å². The van der Waals surface area contributed by atoms with E-state index >= 15 is 0 Å². The van der Waals surface area contributed by atoms with Crippen LogP contribution in [-0.4, -0.2) is 20.4 Å². The van der Waals surface area contributed by atoms with Crippen LogP contribution in [-0.2, 0) is 0 Å². The molecule has 0 saturated carbocycles. The van der Waals surface area contributed by atoms with Crippen LogP contribution in [0.4, 0.5) is 31.5 Å². The fourth-order valence-corrected chi connectivity index (χ4v) is 5.02. The number of anilines is 4. The number of halogens is 7. The third-order valence-corrected chi connectivity index (χ3v) is 6.79. The second-order valence-electron chi connectivity index (χ2n) is 7.89.